The van der Waals surface area contributed by atoms with Crippen LogP contribution in [0.1, 0.15) is 31.2 Å². The molecule has 3 aliphatic rings. The Labute approximate surface area is 120 Å². The number of rotatable bonds is 4. The van der Waals surface area contributed by atoms with Gasteiger partial charge >= 0.3 is 0 Å². The third-order valence-corrected chi connectivity index (χ3v) is 4.64. The van der Waals surface area contributed by atoms with Crippen molar-refractivity contribution in [3.63, 3.8) is 0 Å². The number of benzene rings is 1. The number of hydrogen-bond donors (Lipinski definition) is 1. The van der Waals surface area contributed by atoms with Gasteiger partial charge in [-0.25, -0.2) is 0 Å². The van der Waals surface area contributed by atoms with E-state index in [0.29, 0.717) is 13.2 Å². The average molecular weight is 271 g/mol. The molecule has 1 aromatic carbocycles. The van der Waals surface area contributed by atoms with Crippen LogP contribution >= 0.6 is 0 Å². The van der Waals surface area contributed by atoms with E-state index in [-0.39, 0.29) is 5.41 Å². The Balaban J connectivity index is 1.61. The van der Waals surface area contributed by atoms with Crippen molar-refractivity contribution in [3.05, 3.63) is 35.9 Å². The summed E-state index contributed by atoms with van der Waals surface area (Å²) < 4.78 is 11.4. The van der Waals surface area contributed by atoms with Gasteiger partial charge in [0.2, 0.25) is 0 Å². The van der Waals surface area contributed by atoms with E-state index >= 15 is 0 Å². The zero-order valence-corrected chi connectivity index (χ0v) is 11.7. The third-order valence-electron chi connectivity index (χ3n) is 4.64. The lowest BCUT2D eigenvalue weighted by Crippen LogP contribution is -2.37. The molecule has 0 saturated heterocycles. The van der Waals surface area contributed by atoms with Crippen LogP contribution in [-0.4, -0.2) is 25.8 Å². The van der Waals surface area contributed by atoms with E-state index in [9.17, 15) is 0 Å². The minimum atomic E-state index is 0.207. The van der Waals surface area contributed by atoms with Crippen LogP contribution in [0.25, 0.3) is 0 Å². The summed E-state index contributed by atoms with van der Waals surface area (Å²) in [7, 11) is 0. The van der Waals surface area contributed by atoms with E-state index < -0.39 is 0 Å². The standard InChI is InChI=1S/C17H21NO2/c1-2-8-17(7-1,12-18-14-4-5-14)13-3-6-15-16(11-13)20-10-9-19-15/h1-3,6,11,14,18H,4-5,7-10,12H2. The largest absolute Gasteiger partial charge is 0.486 e. The van der Waals surface area contributed by atoms with Gasteiger partial charge in [-0.2, -0.15) is 0 Å². The highest BCUT2D eigenvalue weighted by atomic mass is 16.6. The molecule has 1 fully saturated rings. The van der Waals surface area contributed by atoms with E-state index in [1.807, 2.05) is 0 Å². The Morgan fingerprint density at radius 1 is 1.05 bits per heavy atom. The maximum Gasteiger partial charge on any atom is 0.161 e. The first-order valence-electron chi connectivity index (χ1n) is 7.64. The summed E-state index contributed by atoms with van der Waals surface area (Å²) in [6, 6.07) is 7.23. The predicted molar refractivity (Wildman–Crippen MR) is 78.5 cm³/mol. The van der Waals surface area contributed by atoms with Crippen molar-refractivity contribution < 1.29 is 9.47 Å². The van der Waals surface area contributed by atoms with Gasteiger partial charge in [-0.3, -0.25) is 0 Å². The van der Waals surface area contributed by atoms with Gasteiger partial charge < -0.3 is 14.8 Å². The maximum atomic E-state index is 5.74. The van der Waals surface area contributed by atoms with Crippen LogP contribution in [0, 0.1) is 0 Å². The van der Waals surface area contributed by atoms with Crippen molar-refractivity contribution in [1.29, 1.82) is 0 Å². The fraction of sp³-hybridized carbons (Fsp3) is 0.529. The molecule has 0 aromatic heterocycles. The van der Waals surface area contributed by atoms with Gasteiger partial charge in [0.15, 0.2) is 11.5 Å². The molecule has 3 heteroatoms. The van der Waals surface area contributed by atoms with Gasteiger partial charge in [-0.05, 0) is 43.4 Å². The van der Waals surface area contributed by atoms with Gasteiger partial charge in [0.1, 0.15) is 13.2 Å². The molecule has 0 radical (unpaired) electrons. The first kappa shape index (κ1) is 12.3. The fourth-order valence-corrected chi connectivity index (χ4v) is 3.18. The van der Waals surface area contributed by atoms with Gasteiger partial charge in [-0.1, -0.05) is 18.2 Å². The van der Waals surface area contributed by atoms with Gasteiger partial charge in [0.25, 0.3) is 0 Å². The highest BCUT2D eigenvalue weighted by Crippen LogP contribution is 2.41. The van der Waals surface area contributed by atoms with E-state index in [0.717, 1.165) is 36.9 Å². The molecule has 1 N–H and O–H groups in total. The van der Waals surface area contributed by atoms with Crippen molar-refractivity contribution >= 4 is 0 Å². The second kappa shape index (κ2) is 4.81. The topological polar surface area (TPSA) is 30.5 Å². The molecule has 0 amide bonds. The smallest absolute Gasteiger partial charge is 0.161 e. The molecule has 2 aliphatic carbocycles. The Hall–Kier alpha value is -1.48. The molecule has 0 bridgehead atoms. The molecule has 106 valence electrons. The molecule has 20 heavy (non-hydrogen) atoms. The summed E-state index contributed by atoms with van der Waals surface area (Å²) in [5.74, 6) is 1.79. The summed E-state index contributed by atoms with van der Waals surface area (Å²) >= 11 is 0. The first-order chi connectivity index (χ1) is 9.86. The quantitative estimate of drug-likeness (QED) is 0.854. The van der Waals surface area contributed by atoms with Crippen LogP contribution in [0.2, 0.25) is 0 Å². The Morgan fingerprint density at radius 2 is 1.80 bits per heavy atom. The number of hydrogen-bond acceptors (Lipinski definition) is 3. The molecule has 1 aliphatic heterocycles. The molecular formula is C17H21NO2. The van der Waals surface area contributed by atoms with Crippen molar-refractivity contribution in [3.8, 4) is 11.5 Å². The van der Waals surface area contributed by atoms with Crippen LogP contribution in [0.5, 0.6) is 11.5 Å². The number of fused-ring (bicyclic) bond motifs is 1. The zero-order valence-electron chi connectivity index (χ0n) is 11.7. The van der Waals surface area contributed by atoms with Gasteiger partial charge in [-0.15, -0.1) is 0 Å². The summed E-state index contributed by atoms with van der Waals surface area (Å²) in [4.78, 5) is 0. The van der Waals surface area contributed by atoms with Crippen molar-refractivity contribution in [1.82, 2.24) is 5.32 Å². The van der Waals surface area contributed by atoms with Crippen LogP contribution in [0.3, 0.4) is 0 Å². The summed E-state index contributed by atoms with van der Waals surface area (Å²) in [6.45, 7) is 2.37. The highest BCUT2D eigenvalue weighted by molar-refractivity contribution is 5.47. The van der Waals surface area contributed by atoms with E-state index in [4.69, 9.17) is 9.47 Å². The van der Waals surface area contributed by atoms with Crippen LogP contribution in [0.15, 0.2) is 30.4 Å². The minimum absolute atomic E-state index is 0.207. The molecule has 0 unspecified atom stereocenters. The normalized spacial score (nSPS) is 23.0. The zero-order chi connectivity index (χ0) is 13.4. The molecule has 1 saturated carbocycles. The van der Waals surface area contributed by atoms with Crippen molar-refractivity contribution in [2.45, 2.75) is 37.1 Å². The maximum absolute atomic E-state index is 5.74. The van der Waals surface area contributed by atoms with Crippen molar-refractivity contribution in [2.75, 3.05) is 19.8 Å². The second-order valence-corrected chi connectivity index (χ2v) is 6.17. The molecule has 0 spiro atoms. The number of ether oxygens (including phenoxy) is 2. The van der Waals surface area contributed by atoms with Gasteiger partial charge in [0, 0.05) is 18.0 Å². The SMILES string of the molecule is C1=CCC(CNC2CC2)(c2ccc3c(c2)OCCO3)C1. The van der Waals surface area contributed by atoms with E-state index in [1.165, 1.54) is 18.4 Å². The van der Waals surface area contributed by atoms with Crippen LogP contribution < -0.4 is 14.8 Å². The summed E-state index contributed by atoms with van der Waals surface area (Å²) in [5.41, 5.74) is 1.58. The first-order valence-corrected chi connectivity index (χ1v) is 7.64. The summed E-state index contributed by atoms with van der Waals surface area (Å²) in [6.07, 6.45) is 9.53. The average Bonchev–Trinajstić information content (AvgIpc) is 3.21. The predicted octanol–water partition coefficient (Wildman–Crippen LogP) is 2.80. The lowest BCUT2D eigenvalue weighted by Gasteiger charge is -2.31. The van der Waals surface area contributed by atoms with E-state index in [1.54, 1.807) is 0 Å². The Morgan fingerprint density at radius 3 is 2.55 bits per heavy atom. The second-order valence-electron chi connectivity index (χ2n) is 6.17. The molecule has 1 heterocycles. The summed E-state index contributed by atoms with van der Waals surface area (Å²) in [5, 5.41) is 3.71. The minimum Gasteiger partial charge on any atom is -0.486 e. The third kappa shape index (κ3) is 2.20. The monoisotopic (exact) mass is 271 g/mol. The molecule has 4 rings (SSSR count). The van der Waals surface area contributed by atoms with Crippen molar-refractivity contribution in [2.24, 2.45) is 0 Å². The van der Waals surface area contributed by atoms with Gasteiger partial charge in [0.05, 0.1) is 0 Å². The molecular weight excluding hydrogens is 250 g/mol. The lowest BCUT2D eigenvalue weighted by atomic mass is 9.78. The Kier molecular flexibility index (Phi) is 2.95. The van der Waals surface area contributed by atoms with E-state index in [2.05, 4.69) is 35.7 Å². The van der Waals surface area contributed by atoms with Crippen LogP contribution in [-0.2, 0) is 5.41 Å². The Bertz CT molecular complexity index is 526. The van der Waals surface area contributed by atoms with Crippen LogP contribution in [0.4, 0.5) is 0 Å². The number of nitrogens with one attached hydrogen (secondary N) is 1. The molecule has 0 atom stereocenters. The number of allylic oxidation sites excluding steroid dienone is 2. The highest BCUT2D eigenvalue weighted by Gasteiger charge is 2.35. The fourth-order valence-electron chi connectivity index (χ4n) is 3.18. The molecule has 1 aromatic rings. The lowest BCUT2D eigenvalue weighted by molar-refractivity contribution is 0.171. The molecule has 3 nitrogen and oxygen atoms in total.